The summed E-state index contributed by atoms with van der Waals surface area (Å²) in [6.45, 7) is 4.85. The van der Waals surface area contributed by atoms with E-state index in [9.17, 15) is 0 Å². The number of aryl methyl sites for hydroxylation is 1. The van der Waals surface area contributed by atoms with Crippen LogP contribution in [-0.2, 0) is 19.5 Å². The number of benzene rings is 1. The van der Waals surface area contributed by atoms with Gasteiger partial charge in [0.2, 0.25) is 0 Å². The van der Waals surface area contributed by atoms with E-state index in [-0.39, 0.29) is 0 Å². The quantitative estimate of drug-likeness (QED) is 0.886. The van der Waals surface area contributed by atoms with E-state index in [4.69, 9.17) is 0 Å². The van der Waals surface area contributed by atoms with Crippen LogP contribution in [-0.4, -0.2) is 11.5 Å². The maximum atomic E-state index is 4.45. The zero-order valence-electron chi connectivity index (χ0n) is 10.5. The third kappa shape index (κ3) is 2.40. The molecule has 2 aromatic rings. The van der Waals surface area contributed by atoms with E-state index in [1.165, 1.54) is 16.8 Å². The van der Waals surface area contributed by atoms with Crippen LogP contribution >= 0.6 is 11.3 Å². The van der Waals surface area contributed by atoms with E-state index in [1.54, 1.807) is 11.3 Å². The van der Waals surface area contributed by atoms with Gasteiger partial charge in [-0.3, -0.25) is 0 Å². The topological polar surface area (TPSA) is 37.0 Å². The van der Waals surface area contributed by atoms with Crippen LogP contribution in [0.25, 0.3) is 0 Å². The van der Waals surface area contributed by atoms with Crippen LogP contribution in [0.4, 0.5) is 5.69 Å². The highest BCUT2D eigenvalue weighted by molar-refractivity contribution is 7.09. The van der Waals surface area contributed by atoms with Gasteiger partial charge in [-0.15, -0.1) is 11.3 Å². The second-order valence-corrected chi connectivity index (χ2v) is 5.65. The number of rotatable bonds is 4. The van der Waals surface area contributed by atoms with Gasteiger partial charge < -0.3 is 10.6 Å². The van der Waals surface area contributed by atoms with Gasteiger partial charge in [-0.05, 0) is 24.5 Å². The van der Waals surface area contributed by atoms with Crippen LogP contribution in [0.5, 0.6) is 0 Å². The number of fused-ring (bicyclic) bond motifs is 1. The first-order valence-corrected chi connectivity index (χ1v) is 7.17. The van der Waals surface area contributed by atoms with Crippen molar-refractivity contribution in [2.24, 2.45) is 0 Å². The highest BCUT2D eigenvalue weighted by atomic mass is 32.1. The van der Waals surface area contributed by atoms with Crippen molar-refractivity contribution in [2.75, 3.05) is 11.9 Å². The fraction of sp³-hybridized carbons (Fsp3) is 0.357. The van der Waals surface area contributed by atoms with Crippen LogP contribution in [0.2, 0.25) is 0 Å². The lowest BCUT2D eigenvalue weighted by molar-refractivity contribution is 0.682. The van der Waals surface area contributed by atoms with Crippen LogP contribution in [0.1, 0.15) is 21.8 Å². The van der Waals surface area contributed by atoms with Gasteiger partial charge in [-0.1, -0.05) is 18.2 Å². The molecule has 18 heavy (non-hydrogen) atoms. The zero-order chi connectivity index (χ0) is 12.4. The van der Waals surface area contributed by atoms with Crippen molar-refractivity contribution in [3.8, 4) is 0 Å². The number of aromatic nitrogens is 1. The first kappa shape index (κ1) is 11.7. The molecule has 0 radical (unpaired) electrons. The molecule has 1 aliphatic rings. The molecule has 1 aromatic heterocycles. The summed E-state index contributed by atoms with van der Waals surface area (Å²) in [5, 5.41) is 10.2. The molecule has 1 aromatic carbocycles. The highest BCUT2D eigenvalue weighted by Gasteiger charge is 2.12. The molecule has 4 heteroatoms. The molecule has 2 N–H and O–H groups in total. The van der Waals surface area contributed by atoms with Crippen molar-refractivity contribution >= 4 is 17.0 Å². The largest absolute Gasteiger partial charge is 0.384 e. The van der Waals surface area contributed by atoms with Crippen LogP contribution < -0.4 is 10.6 Å². The number of para-hydroxylation sites is 1. The molecule has 0 bridgehead atoms. The van der Waals surface area contributed by atoms with Crippen molar-refractivity contribution in [1.82, 2.24) is 10.3 Å². The van der Waals surface area contributed by atoms with E-state index < -0.39 is 0 Å². The molecule has 3 nitrogen and oxygen atoms in total. The molecular weight excluding hydrogens is 242 g/mol. The number of hydrogen-bond donors (Lipinski definition) is 2. The minimum Gasteiger partial charge on any atom is -0.384 e. The van der Waals surface area contributed by atoms with Crippen molar-refractivity contribution in [3.05, 3.63) is 45.4 Å². The highest BCUT2D eigenvalue weighted by Crippen LogP contribution is 2.26. The van der Waals surface area contributed by atoms with Crippen LogP contribution in [0, 0.1) is 6.92 Å². The Hall–Kier alpha value is -1.39. The average molecular weight is 259 g/mol. The molecule has 0 saturated carbocycles. The maximum absolute atomic E-state index is 4.45. The maximum Gasteiger partial charge on any atom is 0.0897 e. The predicted octanol–water partition coefficient (Wildman–Crippen LogP) is 2.71. The number of anilines is 1. The van der Waals surface area contributed by atoms with Gasteiger partial charge in [0.25, 0.3) is 0 Å². The minimum atomic E-state index is 0.841. The number of hydrogen-bond acceptors (Lipinski definition) is 4. The Morgan fingerprint density at radius 2 is 2.33 bits per heavy atom. The average Bonchev–Trinajstić information content (AvgIpc) is 2.98. The fourth-order valence-electron chi connectivity index (χ4n) is 2.37. The summed E-state index contributed by atoms with van der Waals surface area (Å²) in [7, 11) is 0. The molecule has 0 saturated heterocycles. The van der Waals surface area contributed by atoms with E-state index >= 15 is 0 Å². The minimum absolute atomic E-state index is 0.841. The van der Waals surface area contributed by atoms with Crippen molar-refractivity contribution in [2.45, 2.75) is 26.4 Å². The molecule has 0 atom stereocenters. The summed E-state index contributed by atoms with van der Waals surface area (Å²) in [6.07, 6.45) is 1.15. The van der Waals surface area contributed by atoms with Gasteiger partial charge in [0.1, 0.15) is 0 Å². The van der Waals surface area contributed by atoms with E-state index in [0.717, 1.165) is 36.8 Å². The van der Waals surface area contributed by atoms with Crippen LogP contribution in [0.3, 0.4) is 0 Å². The van der Waals surface area contributed by atoms with Crippen molar-refractivity contribution < 1.29 is 0 Å². The Bertz CT molecular complexity index is 548. The Balaban J connectivity index is 1.62. The molecule has 2 heterocycles. The van der Waals surface area contributed by atoms with E-state index in [1.807, 2.05) is 6.92 Å². The molecule has 0 fully saturated rings. The van der Waals surface area contributed by atoms with Gasteiger partial charge >= 0.3 is 0 Å². The second kappa shape index (κ2) is 5.08. The summed E-state index contributed by atoms with van der Waals surface area (Å²) in [5.74, 6) is 0. The normalized spacial score (nSPS) is 13.4. The first-order valence-electron chi connectivity index (χ1n) is 6.29. The molecule has 0 spiro atoms. The van der Waals surface area contributed by atoms with Crippen molar-refractivity contribution in [3.63, 3.8) is 0 Å². The lowest BCUT2D eigenvalue weighted by Gasteiger charge is -2.09. The molecular formula is C14H17N3S. The summed E-state index contributed by atoms with van der Waals surface area (Å²) in [5.41, 5.74) is 5.27. The SMILES string of the molecule is Cc1nc(CNCc2cccc3c2NCC3)cs1. The Labute approximate surface area is 111 Å². The van der Waals surface area contributed by atoms with Gasteiger partial charge in [-0.25, -0.2) is 4.98 Å². The number of nitrogens with zero attached hydrogens (tertiary/aromatic N) is 1. The molecule has 94 valence electrons. The van der Waals surface area contributed by atoms with Crippen molar-refractivity contribution in [1.29, 1.82) is 0 Å². The number of nitrogens with one attached hydrogen (secondary N) is 2. The van der Waals surface area contributed by atoms with E-state index in [0.29, 0.717) is 0 Å². The fourth-order valence-corrected chi connectivity index (χ4v) is 2.99. The molecule has 1 aliphatic heterocycles. The second-order valence-electron chi connectivity index (χ2n) is 4.59. The predicted molar refractivity (Wildman–Crippen MR) is 76.0 cm³/mol. The lowest BCUT2D eigenvalue weighted by atomic mass is 10.1. The summed E-state index contributed by atoms with van der Waals surface area (Å²) in [6, 6.07) is 6.55. The Morgan fingerprint density at radius 3 is 3.17 bits per heavy atom. The smallest absolute Gasteiger partial charge is 0.0897 e. The standard InChI is InChI=1S/C14H17N3S/c1-10-17-13(9-18-10)8-15-7-12-4-2-3-11-5-6-16-14(11)12/h2-4,9,15-16H,5-8H2,1H3. The monoisotopic (exact) mass is 259 g/mol. The third-order valence-electron chi connectivity index (χ3n) is 3.22. The van der Waals surface area contributed by atoms with Gasteiger partial charge in [0.05, 0.1) is 10.7 Å². The van der Waals surface area contributed by atoms with Gasteiger partial charge in [0, 0.05) is 30.7 Å². The molecule has 3 rings (SSSR count). The van der Waals surface area contributed by atoms with E-state index in [2.05, 4.69) is 39.2 Å². The number of thiazole rings is 1. The Morgan fingerprint density at radius 1 is 1.39 bits per heavy atom. The Kier molecular flexibility index (Phi) is 3.30. The summed E-state index contributed by atoms with van der Waals surface area (Å²) >= 11 is 1.71. The summed E-state index contributed by atoms with van der Waals surface area (Å²) < 4.78 is 0. The molecule has 0 amide bonds. The lowest BCUT2D eigenvalue weighted by Crippen LogP contribution is -2.14. The first-order chi connectivity index (χ1) is 8.83. The van der Waals surface area contributed by atoms with Crippen LogP contribution in [0.15, 0.2) is 23.6 Å². The zero-order valence-corrected chi connectivity index (χ0v) is 11.3. The molecule has 0 unspecified atom stereocenters. The van der Waals surface area contributed by atoms with Gasteiger partial charge in [-0.2, -0.15) is 0 Å². The molecule has 0 aliphatic carbocycles. The van der Waals surface area contributed by atoms with Gasteiger partial charge in [0.15, 0.2) is 0 Å². The third-order valence-corrected chi connectivity index (χ3v) is 4.04. The summed E-state index contributed by atoms with van der Waals surface area (Å²) in [4.78, 5) is 4.45.